The molecular weight excluding hydrogens is 426 g/mol. The molecule has 1 fully saturated rings. The maximum atomic E-state index is 12.1. The molecule has 170 valence electrons. The van der Waals surface area contributed by atoms with Gasteiger partial charge in [-0.05, 0) is 31.5 Å². The van der Waals surface area contributed by atoms with Gasteiger partial charge in [0.2, 0.25) is 15.7 Å². The quantitative estimate of drug-likeness (QED) is 0.707. The zero-order valence-electron chi connectivity index (χ0n) is 19.0. The van der Waals surface area contributed by atoms with Gasteiger partial charge < -0.3 is 9.47 Å². The molecule has 32 heavy (non-hydrogen) atoms. The summed E-state index contributed by atoms with van der Waals surface area (Å²) in [5, 5.41) is 7.22. The molecule has 2 aromatic carbocycles. The van der Waals surface area contributed by atoms with Gasteiger partial charge >= 0.3 is 0 Å². The number of rotatable bonds is 3. The largest absolute Gasteiger partial charge is 0.493 e. The van der Waals surface area contributed by atoms with Crippen LogP contribution in [0.25, 0.3) is 0 Å². The van der Waals surface area contributed by atoms with Crippen molar-refractivity contribution in [2.75, 3.05) is 26.5 Å². The van der Waals surface area contributed by atoms with E-state index in [1.807, 2.05) is 12.1 Å². The molecule has 8 heteroatoms. The first-order chi connectivity index (χ1) is 15.2. The van der Waals surface area contributed by atoms with Crippen molar-refractivity contribution in [3.8, 4) is 11.5 Å². The lowest BCUT2D eigenvalue weighted by Gasteiger charge is -2.50. The summed E-state index contributed by atoms with van der Waals surface area (Å²) in [4.78, 5) is 0. The predicted molar refractivity (Wildman–Crippen MR) is 124 cm³/mol. The highest BCUT2D eigenvalue weighted by atomic mass is 32.2. The second-order valence-corrected chi connectivity index (χ2v) is 11.0. The third-order valence-corrected chi connectivity index (χ3v) is 8.19. The van der Waals surface area contributed by atoms with Crippen LogP contribution in [0.4, 0.5) is 0 Å². The molecular formula is C24H29N3O4S. The van der Waals surface area contributed by atoms with Crippen LogP contribution in [0.1, 0.15) is 47.6 Å². The molecule has 7 nitrogen and oxygen atoms in total. The Labute approximate surface area is 189 Å². The first-order valence-corrected chi connectivity index (χ1v) is 12.8. The van der Waals surface area contributed by atoms with Crippen LogP contribution in [-0.2, 0) is 10.0 Å². The summed E-state index contributed by atoms with van der Waals surface area (Å²) >= 11 is 0. The van der Waals surface area contributed by atoms with E-state index < -0.39 is 15.7 Å². The minimum absolute atomic E-state index is 0.0218. The molecule has 1 atom stereocenters. The Hall–Kier alpha value is -2.58. The van der Waals surface area contributed by atoms with Crippen molar-refractivity contribution in [2.24, 2.45) is 5.10 Å². The molecule has 1 saturated heterocycles. The third-order valence-electron chi connectivity index (χ3n) is 6.88. The van der Waals surface area contributed by atoms with Gasteiger partial charge in [-0.1, -0.05) is 29.8 Å². The summed E-state index contributed by atoms with van der Waals surface area (Å²) in [6.07, 6.45) is 3.11. The fourth-order valence-electron chi connectivity index (χ4n) is 5.14. The van der Waals surface area contributed by atoms with E-state index in [2.05, 4.69) is 43.1 Å². The number of hydrogen-bond acceptors (Lipinski definition) is 6. The highest BCUT2D eigenvalue weighted by Crippen LogP contribution is 2.52. The van der Waals surface area contributed by atoms with E-state index in [1.165, 1.54) is 21.7 Å². The maximum absolute atomic E-state index is 12.1. The second-order valence-electron chi connectivity index (χ2n) is 9.02. The Balaban J connectivity index is 1.60. The fraction of sp³-hybridized carbons (Fsp3) is 0.458. The zero-order valence-corrected chi connectivity index (χ0v) is 19.8. The number of benzene rings is 2. The van der Waals surface area contributed by atoms with E-state index in [0.717, 1.165) is 29.0 Å². The van der Waals surface area contributed by atoms with Gasteiger partial charge in [0.05, 0.1) is 25.1 Å². The normalized spacial score (nSPS) is 22.2. The van der Waals surface area contributed by atoms with Crippen LogP contribution in [-0.4, -0.2) is 55.6 Å². The molecule has 3 aliphatic rings. The minimum atomic E-state index is -3.24. The Kier molecular flexibility index (Phi) is 4.98. The molecule has 1 spiro atoms. The molecule has 0 unspecified atom stereocenters. The van der Waals surface area contributed by atoms with Crippen molar-refractivity contribution in [1.82, 2.24) is 9.31 Å². The van der Waals surface area contributed by atoms with Gasteiger partial charge in [-0.25, -0.2) is 17.7 Å². The van der Waals surface area contributed by atoms with Crippen LogP contribution in [0.15, 0.2) is 41.5 Å². The van der Waals surface area contributed by atoms with Crippen molar-refractivity contribution in [2.45, 2.75) is 44.9 Å². The molecule has 3 heterocycles. The van der Waals surface area contributed by atoms with Gasteiger partial charge in [-0.2, -0.15) is 5.10 Å². The number of hydrazone groups is 1. The third kappa shape index (κ3) is 3.36. The van der Waals surface area contributed by atoms with Crippen LogP contribution in [0.3, 0.4) is 0 Å². The van der Waals surface area contributed by atoms with Crippen molar-refractivity contribution in [3.05, 3.63) is 58.7 Å². The number of para-hydroxylation sites is 1. The van der Waals surface area contributed by atoms with Crippen molar-refractivity contribution in [3.63, 3.8) is 0 Å². The Bertz CT molecular complexity index is 1200. The number of piperidine rings is 1. The van der Waals surface area contributed by atoms with Gasteiger partial charge in [0.25, 0.3) is 0 Å². The number of sulfonamides is 1. The van der Waals surface area contributed by atoms with Gasteiger partial charge in [0.15, 0.2) is 11.5 Å². The Morgan fingerprint density at radius 2 is 1.91 bits per heavy atom. The Morgan fingerprint density at radius 1 is 1.16 bits per heavy atom. The number of methoxy groups -OCH3 is 1. The van der Waals surface area contributed by atoms with E-state index in [-0.39, 0.29) is 6.04 Å². The van der Waals surface area contributed by atoms with Gasteiger partial charge in [0, 0.05) is 43.5 Å². The molecule has 0 aromatic heterocycles. The van der Waals surface area contributed by atoms with Crippen molar-refractivity contribution < 1.29 is 17.9 Å². The number of fused-ring (bicyclic) bond motifs is 4. The average molecular weight is 456 g/mol. The summed E-state index contributed by atoms with van der Waals surface area (Å²) in [5.41, 5.74) is 4.96. The van der Waals surface area contributed by atoms with Crippen LogP contribution in [0.2, 0.25) is 0 Å². The second kappa shape index (κ2) is 7.49. The Morgan fingerprint density at radius 3 is 2.59 bits per heavy atom. The molecule has 3 aliphatic heterocycles. The summed E-state index contributed by atoms with van der Waals surface area (Å²) < 4.78 is 38.1. The molecule has 5 rings (SSSR count). The van der Waals surface area contributed by atoms with E-state index in [9.17, 15) is 8.42 Å². The number of aryl methyl sites for hydroxylation is 2. The molecule has 0 amide bonds. The average Bonchev–Trinajstić information content (AvgIpc) is 3.21. The highest BCUT2D eigenvalue weighted by Gasteiger charge is 2.53. The molecule has 2 aromatic rings. The number of nitrogens with zero attached hydrogens (tertiary/aromatic N) is 3. The van der Waals surface area contributed by atoms with Gasteiger partial charge in [-0.3, -0.25) is 0 Å². The number of ether oxygens (including phenoxy) is 2. The zero-order chi connectivity index (χ0) is 22.7. The summed E-state index contributed by atoms with van der Waals surface area (Å²) in [7, 11) is -1.59. The fourth-order valence-corrected chi connectivity index (χ4v) is 5.98. The van der Waals surface area contributed by atoms with Crippen molar-refractivity contribution in [1.29, 1.82) is 0 Å². The topological polar surface area (TPSA) is 71.4 Å². The first kappa shape index (κ1) is 21.3. The van der Waals surface area contributed by atoms with Crippen LogP contribution < -0.4 is 9.47 Å². The lowest BCUT2D eigenvalue weighted by Crippen LogP contribution is -2.59. The number of hydrogen-bond donors (Lipinski definition) is 0. The standard InChI is InChI=1S/C24H29N3O4S/c1-16-8-9-17(2)19(14-16)20-15-21-18-6-5-7-22(30-3)23(18)31-24(27(21)25-20)10-12-26(13-11-24)32(4,28)29/h5-9,14,21H,10-13,15H2,1-4H3/t21-/m1/s1. The van der Waals surface area contributed by atoms with Gasteiger partial charge in [-0.15, -0.1) is 0 Å². The lowest BCUT2D eigenvalue weighted by molar-refractivity contribution is -0.144. The molecule has 0 N–H and O–H groups in total. The van der Waals surface area contributed by atoms with Crippen LogP contribution >= 0.6 is 0 Å². The minimum Gasteiger partial charge on any atom is -0.493 e. The highest BCUT2D eigenvalue weighted by molar-refractivity contribution is 7.88. The molecule has 0 radical (unpaired) electrons. The van der Waals surface area contributed by atoms with E-state index in [0.29, 0.717) is 31.7 Å². The molecule has 0 aliphatic carbocycles. The predicted octanol–water partition coefficient (Wildman–Crippen LogP) is 3.61. The molecule has 0 saturated carbocycles. The van der Waals surface area contributed by atoms with Crippen LogP contribution in [0, 0.1) is 13.8 Å². The van der Waals surface area contributed by atoms with E-state index >= 15 is 0 Å². The summed E-state index contributed by atoms with van der Waals surface area (Å²) in [5.74, 6) is 1.45. The summed E-state index contributed by atoms with van der Waals surface area (Å²) in [6, 6.07) is 12.4. The van der Waals surface area contributed by atoms with Gasteiger partial charge in [0.1, 0.15) is 0 Å². The SMILES string of the molecule is COc1cccc2c1OC1(CCN(S(C)(=O)=O)CC1)N1N=C(c3cc(C)ccc3C)C[C@H]21. The molecule has 0 bridgehead atoms. The van der Waals surface area contributed by atoms with E-state index in [4.69, 9.17) is 14.6 Å². The van der Waals surface area contributed by atoms with Crippen molar-refractivity contribution >= 4 is 15.7 Å². The smallest absolute Gasteiger partial charge is 0.211 e. The first-order valence-electron chi connectivity index (χ1n) is 11.0. The lowest BCUT2D eigenvalue weighted by atomic mass is 9.90. The summed E-state index contributed by atoms with van der Waals surface area (Å²) in [6.45, 7) is 5.02. The van der Waals surface area contributed by atoms with Crippen LogP contribution in [0.5, 0.6) is 11.5 Å². The monoisotopic (exact) mass is 455 g/mol. The maximum Gasteiger partial charge on any atom is 0.211 e. The van der Waals surface area contributed by atoms with E-state index in [1.54, 1.807) is 7.11 Å².